The van der Waals surface area contributed by atoms with Crippen LogP contribution in [0.1, 0.15) is 30.4 Å². The molecule has 0 aliphatic carbocycles. The third kappa shape index (κ3) is 2.77. The van der Waals surface area contributed by atoms with Crippen molar-refractivity contribution in [3.05, 3.63) is 59.7 Å². The fourth-order valence-corrected chi connectivity index (χ4v) is 3.62. The summed E-state index contributed by atoms with van der Waals surface area (Å²) in [4.78, 5) is 0. The second-order valence-corrected chi connectivity index (χ2v) is 6.53. The second-order valence-electron chi connectivity index (χ2n) is 6.53. The standard InChI is InChI=1S/C21H20N2O3/c1-20(16-7-5-4-6-8-16)12-17(21(13-22,14-23)26-20)15-9-10-18(24-2)19(11-15)25-3/h4-11,17H,12H2,1-3H3/t17-,20-/m0/s1. The lowest BCUT2D eigenvalue weighted by atomic mass is 9.79. The molecule has 3 rings (SSSR count). The molecule has 1 fully saturated rings. The smallest absolute Gasteiger partial charge is 0.248 e. The first-order valence-corrected chi connectivity index (χ1v) is 8.32. The molecule has 26 heavy (non-hydrogen) atoms. The Balaban J connectivity index is 2.08. The highest BCUT2D eigenvalue weighted by atomic mass is 16.5. The first kappa shape index (κ1) is 17.8. The number of rotatable bonds is 4. The summed E-state index contributed by atoms with van der Waals surface area (Å²) in [5.74, 6) is 0.742. The number of benzene rings is 2. The van der Waals surface area contributed by atoms with E-state index in [-0.39, 0.29) is 0 Å². The average Bonchev–Trinajstić information content (AvgIpc) is 3.02. The van der Waals surface area contributed by atoms with Gasteiger partial charge in [0.1, 0.15) is 12.1 Å². The summed E-state index contributed by atoms with van der Waals surface area (Å²) in [6, 6.07) is 19.4. The van der Waals surface area contributed by atoms with E-state index in [9.17, 15) is 10.5 Å². The second kappa shape index (κ2) is 6.71. The fourth-order valence-electron chi connectivity index (χ4n) is 3.62. The van der Waals surface area contributed by atoms with Gasteiger partial charge in [0.15, 0.2) is 11.5 Å². The molecule has 0 radical (unpaired) electrons. The molecule has 0 aromatic heterocycles. The van der Waals surface area contributed by atoms with Crippen molar-refractivity contribution in [2.75, 3.05) is 14.2 Å². The van der Waals surface area contributed by atoms with Crippen LogP contribution in [0.25, 0.3) is 0 Å². The van der Waals surface area contributed by atoms with Crippen LogP contribution in [-0.2, 0) is 10.3 Å². The maximum atomic E-state index is 9.80. The molecule has 1 aliphatic heterocycles. The highest BCUT2D eigenvalue weighted by Crippen LogP contribution is 2.52. The van der Waals surface area contributed by atoms with Gasteiger partial charge in [-0.15, -0.1) is 0 Å². The van der Waals surface area contributed by atoms with Gasteiger partial charge in [0.05, 0.1) is 19.8 Å². The van der Waals surface area contributed by atoms with Gasteiger partial charge in [-0.2, -0.15) is 10.5 Å². The highest BCUT2D eigenvalue weighted by molar-refractivity contribution is 5.47. The minimum absolute atomic E-state index is 0.414. The summed E-state index contributed by atoms with van der Waals surface area (Å²) in [6.07, 6.45) is 0.508. The molecule has 0 saturated carbocycles. The Hall–Kier alpha value is -3.02. The van der Waals surface area contributed by atoms with Crippen LogP contribution < -0.4 is 9.47 Å². The molecule has 0 bridgehead atoms. The van der Waals surface area contributed by atoms with Gasteiger partial charge in [-0.3, -0.25) is 0 Å². The fraction of sp³-hybridized carbons (Fsp3) is 0.333. The van der Waals surface area contributed by atoms with Gasteiger partial charge in [0.25, 0.3) is 0 Å². The number of ether oxygens (including phenoxy) is 3. The molecule has 2 aromatic carbocycles. The Bertz CT molecular complexity index is 868. The molecular weight excluding hydrogens is 328 g/mol. The van der Waals surface area contributed by atoms with Crippen molar-refractivity contribution in [1.82, 2.24) is 0 Å². The Kier molecular flexibility index (Phi) is 4.59. The molecule has 1 aliphatic rings. The SMILES string of the molecule is COc1ccc([C@@H]2C[C@@](C)(c3ccccc3)OC2(C#N)C#N)cc1OC. The molecule has 0 spiro atoms. The van der Waals surface area contributed by atoms with Gasteiger partial charge in [-0.1, -0.05) is 36.4 Å². The van der Waals surface area contributed by atoms with E-state index in [1.807, 2.05) is 49.4 Å². The van der Waals surface area contributed by atoms with Crippen LogP contribution in [0.5, 0.6) is 11.5 Å². The zero-order valence-electron chi connectivity index (χ0n) is 15.0. The summed E-state index contributed by atoms with van der Waals surface area (Å²) < 4.78 is 16.8. The van der Waals surface area contributed by atoms with E-state index < -0.39 is 17.1 Å². The van der Waals surface area contributed by atoms with E-state index in [2.05, 4.69) is 12.1 Å². The van der Waals surface area contributed by atoms with Crippen molar-refractivity contribution in [3.63, 3.8) is 0 Å². The lowest BCUT2D eigenvalue weighted by molar-refractivity contribution is -0.0443. The predicted octanol–water partition coefficient (Wildman–Crippen LogP) is 3.91. The van der Waals surface area contributed by atoms with Gasteiger partial charge in [-0.05, 0) is 36.6 Å². The minimum atomic E-state index is -1.57. The molecule has 2 aromatic rings. The van der Waals surface area contributed by atoms with Crippen LogP contribution >= 0.6 is 0 Å². The van der Waals surface area contributed by atoms with E-state index >= 15 is 0 Å². The molecule has 0 unspecified atom stereocenters. The van der Waals surface area contributed by atoms with Crippen LogP contribution in [0, 0.1) is 22.7 Å². The monoisotopic (exact) mass is 348 g/mol. The lowest BCUT2D eigenvalue weighted by Gasteiger charge is -2.25. The van der Waals surface area contributed by atoms with Crippen molar-refractivity contribution >= 4 is 0 Å². The zero-order chi connectivity index (χ0) is 18.8. The number of nitrogens with zero attached hydrogens (tertiary/aromatic N) is 2. The van der Waals surface area contributed by atoms with Gasteiger partial charge in [-0.25, -0.2) is 0 Å². The third-order valence-electron chi connectivity index (χ3n) is 5.00. The van der Waals surface area contributed by atoms with Crippen molar-refractivity contribution in [3.8, 4) is 23.6 Å². The van der Waals surface area contributed by atoms with E-state index in [0.717, 1.165) is 11.1 Å². The predicted molar refractivity (Wildman–Crippen MR) is 95.7 cm³/mol. The highest BCUT2D eigenvalue weighted by Gasteiger charge is 2.56. The molecule has 132 valence electrons. The lowest BCUT2D eigenvalue weighted by Crippen LogP contribution is -2.32. The van der Waals surface area contributed by atoms with Crippen molar-refractivity contribution in [2.45, 2.75) is 30.5 Å². The number of hydrogen-bond acceptors (Lipinski definition) is 5. The Morgan fingerprint density at radius 2 is 1.65 bits per heavy atom. The first-order chi connectivity index (χ1) is 12.5. The molecule has 5 heteroatoms. The van der Waals surface area contributed by atoms with Crippen LogP contribution in [0.15, 0.2) is 48.5 Å². The van der Waals surface area contributed by atoms with E-state index in [1.165, 1.54) is 0 Å². The van der Waals surface area contributed by atoms with E-state index in [0.29, 0.717) is 17.9 Å². The summed E-state index contributed by atoms with van der Waals surface area (Å²) in [5, 5.41) is 19.6. The Morgan fingerprint density at radius 1 is 1.00 bits per heavy atom. The van der Waals surface area contributed by atoms with Crippen molar-refractivity contribution < 1.29 is 14.2 Å². The Labute approximate surface area is 153 Å². The molecule has 1 heterocycles. The maximum Gasteiger partial charge on any atom is 0.248 e. The molecular formula is C21H20N2O3. The zero-order valence-corrected chi connectivity index (χ0v) is 15.0. The molecule has 0 amide bonds. The van der Waals surface area contributed by atoms with Gasteiger partial charge < -0.3 is 14.2 Å². The van der Waals surface area contributed by atoms with E-state index in [4.69, 9.17) is 14.2 Å². The van der Waals surface area contributed by atoms with Crippen LogP contribution in [0.3, 0.4) is 0 Å². The summed E-state index contributed by atoms with van der Waals surface area (Å²) in [5.41, 5.74) is -0.544. The number of nitriles is 2. The molecule has 1 saturated heterocycles. The minimum Gasteiger partial charge on any atom is -0.493 e. The van der Waals surface area contributed by atoms with Gasteiger partial charge in [0, 0.05) is 5.92 Å². The van der Waals surface area contributed by atoms with Crippen LogP contribution in [0.4, 0.5) is 0 Å². The third-order valence-corrected chi connectivity index (χ3v) is 5.00. The molecule has 2 atom stereocenters. The van der Waals surface area contributed by atoms with Crippen LogP contribution in [-0.4, -0.2) is 19.8 Å². The summed E-state index contributed by atoms with van der Waals surface area (Å²) in [7, 11) is 3.13. The van der Waals surface area contributed by atoms with Crippen molar-refractivity contribution in [1.29, 1.82) is 10.5 Å². The maximum absolute atomic E-state index is 9.80. The number of methoxy groups -OCH3 is 2. The average molecular weight is 348 g/mol. The number of hydrogen-bond donors (Lipinski definition) is 0. The quantitative estimate of drug-likeness (QED) is 0.837. The molecule has 0 N–H and O–H groups in total. The van der Waals surface area contributed by atoms with Crippen LogP contribution in [0.2, 0.25) is 0 Å². The van der Waals surface area contributed by atoms with E-state index in [1.54, 1.807) is 20.3 Å². The topological polar surface area (TPSA) is 75.3 Å². The van der Waals surface area contributed by atoms with Crippen molar-refractivity contribution in [2.24, 2.45) is 0 Å². The summed E-state index contributed by atoms with van der Waals surface area (Å²) in [6.45, 7) is 1.92. The first-order valence-electron chi connectivity index (χ1n) is 8.32. The van der Waals surface area contributed by atoms with Gasteiger partial charge in [0.2, 0.25) is 5.60 Å². The normalized spacial score (nSPS) is 23.7. The van der Waals surface area contributed by atoms with Gasteiger partial charge >= 0.3 is 0 Å². The molecule has 5 nitrogen and oxygen atoms in total. The largest absolute Gasteiger partial charge is 0.493 e. The summed E-state index contributed by atoms with van der Waals surface area (Å²) >= 11 is 0. The Morgan fingerprint density at radius 3 is 2.23 bits per heavy atom.